The fourth-order valence-electron chi connectivity index (χ4n) is 1.34. The van der Waals surface area contributed by atoms with Gasteiger partial charge in [-0.05, 0) is 6.92 Å². The van der Waals surface area contributed by atoms with Gasteiger partial charge in [-0.2, -0.15) is 0 Å². The Balaban J connectivity index is 2.19. The summed E-state index contributed by atoms with van der Waals surface area (Å²) >= 11 is 1.41. The Morgan fingerprint density at radius 2 is 2.33 bits per heavy atom. The van der Waals surface area contributed by atoms with Crippen LogP contribution in [-0.4, -0.2) is 10.1 Å². The van der Waals surface area contributed by atoms with E-state index in [2.05, 4.69) is 10.1 Å². The molecule has 0 fully saturated rings. The number of nitrogens with two attached hydrogens (primary N) is 1. The Hall–Kier alpha value is -1.82. The van der Waals surface area contributed by atoms with Crippen molar-refractivity contribution < 1.29 is 8.94 Å². The van der Waals surface area contributed by atoms with Gasteiger partial charge in [-0.15, -0.1) is 11.3 Å². The quantitative estimate of drug-likeness (QED) is 0.682. The Labute approximate surface area is 88.5 Å². The summed E-state index contributed by atoms with van der Waals surface area (Å²) in [7, 11) is 0. The fraction of sp³-hybridized carbons (Fsp3) is 0.111. The average molecular weight is 221 g/mol. The zero-order chi connectivity index (χ0) is 10.4. The molecule has 6 heteroatoms. The zero-order valence-corrected chi connectivity index (χ0v) is 8.67. The van der Waals surface area contributed by atoms with E-state index < -0.39 is 0 Å². The highest BCUT2D eigenvalue weighted by molar-refractivity contribution is 7.15. The third-order valence-corrected chi connectivity index (χ3v) is 2.80. The van der Waals surface area contributed by atoms with Gasteiger partial charge in [0, 0.05) is 11.4 Å². The molecule has 2 N–H and O–H groups in total. The molecule has 3 heterocycles. The summed E-state index contributed by atoms with van der Waals surface area (Å²) in [5.74, 6) is 1.16. The fourth-order valence-corrected chi connectivity index (χ4v) is 1.99. The summed E-state index contributed by atoms with van der Waals surface area (Å²) in [4.78, 5) is 4.26. The average Bonchev–Trinajstić information content (AvgIpc) is 2.84. The van der Waals surface area contributed by atoms with Crippen molar-refractivity contribution in [2.24, 2.45) is 0 Å². The van der Waals surface area contributed by atoms with Crippen LogP contribution in [0.25, 0.3) is 22.7 Å². The minimum Gasteiger partial charge on any atom is -0.431 e. The van der Waals surface area contributed by atoms with E-state index in [1.54, 1.807) is 6.07 Å². The van der Waals surface area contributed by atoms with E-state index >= 15 is 0 Å². The minimum absolute atomic E-state index is 0.441. The smallest absolute Gasteiger partial charge is 0.250 e. The number of anilines is 1. The molecule has 0 unspecified atom stereocenters. The summed E-state index contributed by atoms with van der Waals surface area (Å²) in [5.41, 5.74) is 7.68. The van der Waals surface area contributed by atoms with Crippen molar-refractivity contribution in [1.82, 2.24) is 10.1 Å². The molecule has 0 aromatic carbocycles. The van der Waals surface area contributed by atoms with Gasteiger partial charge >= 0.3 is 0 Å². The highest BCUT2D eigenvalue weighted by Crippen LogP contribution is 2.31. The van der Waals surface area contributed by atoms with Crippen LogP contribution in [-0.2, 0) is 0 Å². The van der Waals surface area contributed by atoms with Gasteiger partial charge in [-0.3, -0.25) is 0 Å². The summed E-state index contributed by atoms with van der Waals surface area (Å²) in [5, 5.41) is 6.30. The van der Waals surface area contributed by atoms with Crippen LogP contribution >= 0.6 is 11.3 Å². The predicted molar refractivity (Wildman–Crippen MR) is 56.5 cm³/mol. The lowest BCUT2D eigenvalue weighted by Crippen LogP contribution is -1.76. The predicted octanol–water partition coefficient (Wildman–Crippen LogP) is 2.43. The third kappa shape index (κ3) is 1.22. The van der Waals surface area contributed by atoms with E-state index in [0.717, 1.165) is 11.3 Å². The van der Waals surface area contributed by atoms with Crippen molar-refractivity contribution in [1.29, 1.82) is 0 Å². The molecule has 0 saturated heterocycles. The molecule has 0 radical (unpaired) electrons. The number of oxazole rings is 1. The third-order valence-electron chi connectivity index (χ3n) is 2.02. The second-order valence-electron chi connectivity index (χ2n) is 3.16. The zero-order valence-electron chi connectivity index (χ0n) is 7.85. The lowest BCUT2D eigenvalue weighted by molar-refractivity contribution is 0.397. The van der Waals surface area contributed by atoms with E-state index in [9.17, 15) is 0 Å². The van der Waals surface area contributed by atoms with Gasteiger partial charge in [0.15, 0.2) is 11.3 Å². The lowest BCUT2D eigenvalue weighted by Gasteiger charge is -1.84. The van der Waals surface area contributed by atoms with Crippen LogP contribution in [0.5, 0.6) is 0 Å². The van der Waals surface area contributed by atoms with Gasteiger partial charge in [-0.1, -0.05) is 5.16 Å². The highest BCUT2D eigenvalue weighted by atomic mass is 32.1. The maximum absolute atomic E-state index is 5.71. The van der Waals surface area contributed by atoms with Crippen LogP contribution in [0.1, 0.15) is 5.76 Å². The number of nitrogens with zero attached hydrogens (tertiary/aromatic N) is 2. The second kappa shape index (κ2) is 2.83. The molecular formula is C9H7N3O2S. The second-order valence-corrected chi connectivity index (χ2v) is 4.07. The summed E-state index contributed by atoms with van der Waals surface area (Å²) < 4.78 is 10.4. The number of thiophene rings is 1. The topological polar surface area (TPSA) is 78.1 Å². The van der Waals surface area contributed by atoms with Crippen LogP contribution in [0, 0.1) is 6.92 Å². The first-order valence-electron chi connectivity index (χ1n) is 4.31. The summed E-state index contributed by atoms with van der Waals surface area (Å²) in [6.07, 6.45) is 0. The van der Waals surface area contributed by atoms with E-state index in [4.69, 9.17) is 14.7 Å². The number of aromatic nitrogens is 2. The molecule has 76 valence electrons. The van der Waals surface area contributed by atoms with E-state index in [0.29, 0.717) is 22.2 Å². The number of rotatable bonds is 1. The molecule has 3 rings (SSSR count). The van der Waals surface area contributed by atoms with Crippen LogP contribution < -0.4 is 5.73 Å². The van der Waals surface area contributed by atoms with Crippen molar-refractivity contribution in [3.05, 3.63) is 17.2 Å². The first-order valence-corrected chi connectivity index (χ1v) is 5.19. The van der Waals surface area contributed by atoms with Gasteiger partial charge in [0.2, 0.25) is 5.89 Å². The van der Waals surface area contributed by atoms with Crippen molar-refractivity contribution in [2.45, 2.75) is 6.92 Å². The number of fused-ring (bicyclic) bond motifs is 1. The van der Waals surface area contributed by atoms with E-state index in [1.807, 2.05) is 12.3 Å². The first kappa shape index (κ1) is 8.49. The Bertz CT molecular complexity index is 622. The van der Waals surface area contributed by atoms with Crippen molar-refractivity contribution in [3.63, 3.8) is 0 Å². The summed E-state index contributed by atoms with van der Waals surface area (Å²) in [6, 6.07) is 1.77. The largest absolute Gasteiger partial charge is 0.431 e. The van der Waals surface area contributed by atoms with Crippen molar-refractivity contribution in [3.8, 4) is 11.6 Å². The molecule has 5 nitrogen and oxygen atoms in total. The molecule has 0 amide bonds. The van der Waals surface area contributed by atoms with Gasteiger partial charge in [0.1, 0.15) is 16.3 Å². The van der Waals surface area contributed by atoms with Crippen LogP contribution in [0.3, 0.4) is 0 Å². The number of hydrogen-bond acceptors (Lipinski definition) is 6. The molecular weight excluding hydrogens is 214 g/mol. The van der Waals surface area contributed by atoms with Gasteiger partial charge in [-0.25, -0.2) is 4.98 Å². The van der Waals surface area contributed by atoms with Crippen molar-refractivity contribution >= 4 is 27.4 Å². The number of nitrogen functional groups attached to an aromatic ring is 1. The molecule has 0 bridgehead atoms. The molecule has 0 aliphatic rings. The molecule has 0 atom stereocenters. The molecule has 0 spiro atoms. The highest BCUT2D eigenvalue weighted by Gasteiger charge is 2.14. The lowest BCUT2D eigenvalue weighted by atomic mass is 10.4. The Kier molecular flexibility index (Phi) is 1.60. The standard InChI is InChI=1S/C9H7N3O2S/c1-4-2-5(12-14-4)9-11-6-3-15-8(10)7(6)13-9/h2-3H,10H2,1H3. The molecule has 0 aliphatic heterocycles. The Morgan fingerprint density at radius 3 is 3.00 bits per heavy atom. The van der Waals surface area contributed by atoms with E-state index in [1.165, 1.54) is 11.3 Å². The maximum Gasteiger partial charge on any atom is 0.250 e. The monoisotopic (exact) mass is 221 g/mol. The molecule has 0 aliphatic carbocycles. The van der Waals surface area contributed by atoms with Gasteiger partial charge < -0.3 is 14.7 Å². The molecule has 0 saturated carbocycles. The first-order chi connectivity index (χ1) is 7.24. The molecule has 3 aromatic heterocycles. The summed E-state index contributed by atoms with van der Waals surface area (Å²) in [6.45, 7) is 1.82. The van der Waals surface area contributed by atoms with Crippen LogP contribution in [0.4, 0.5) is 5.00 Å². The van der Waals surface area contributed by atoms with E-state index in [-0.39, 0.29) is 0 Å². The van der Waals surface area contributed by atoms with Crippen LogP contribution in [0.2, 0.25) is 0 Å². The van der Waals surface area contributed by atoms with Crippen LogP contribution in [0.15, 0.2) is 20.4 Å². The normalized spacial score (nSPS) is 11.3. The van der Waals surface area contributed by atoms with Crippen molar-refractivity contribution in [2.75, 3.05) is 5.73 Å². The van der Waals surface area contributed by atoms with Gasteiger partial charge in [0.25, 0.3) is 0 Å². The number of aryl methyl sites for hydroxylation is 1. The maximum atomic E-state index is 5.71. The Morgan fingerprint density at radius 1 is 1.47 bits per heavy atom. The van der Waals surface area contributed by atoms with Gasteiger partial charge in [0.05, 0.1) is 0 Å². The molecule has 15 heavy (non-hydrogen) atoms. The molecule has 3 aromatic rings. The number of hydrogen-bond donors (Lipinski definition) is 1. The SMILES string of the molecule is Cc1cc(-c2nc3csc(N)c3o2)no1. The minimum atomic E-state index is 0.441.